The second-order valence-electron chi connectivity index (χ2n) is 6.87. The zero-order valence-corrected chi connectivity index (χ0v) is 15.6. The molecule has 0 radical (unpaired) electrons. The molecule has 2 rings (SSSR count). The second kappa shape index (κ2) is 9.17. The molecule has 26 heavy (non-hydrogen) atoms. The predicted octanol–water partition coefficient (Wildman–Crippen LogP) is 2.39. The molecule has 6 nitrogen and oxygen atoms in total. The van der Waals surface area contributed by atoms with Crippen LogP contribution in [-0.2, 0) is 17.8 Å². The summed E-state index contributed by atoms with van der Waals surface area (Å²) in [6.45, 7) is 6.13. The number of nitrogens with zero attached hydrogens (tertiary/aromatic N) is 1. The first-order valence-corrected chi connectivity index (χ1v) is 9.08. The quantitative estimate of drug-likeness (QED) is 0.761. The summed E-state index contributed by atoms with van der Waals surface area (Å²) >= 11 is 0. The zero-order valence-electron chi connectivity index (χ0n) is 15.6. The van der Waals surface area contributed by atoms with E-state index in [0.29, 0.717) is 0 Å². The van der Waals surface area contributed by atoms with Crippen molar-refractivity contribution in [2.24, 2.45) is 5.92 Å². The normalized spacial score (nSPS) is 12.2. The molecule has 0 spiro atoms. The Bertz CT molecular complexity index is 834. The second-order valence-corrected chi connectivity index (χ2v) is 6.87. The lowest BCUT2D eigenvalue weighted by Crippen LogP contribution is -2.38. The highest BCUT2D eigenvalue weighted by molar-refractivity contribution is 5.76. The number of hydrogen-bond donors (Lipinski definition) is 2. The van der Waals surface area contributed by atoms with E-state index < -0.39 is 11.2 Å². The molecule has 0 aliphatic heterocycles. The van der Waals surface area contributed by atoms with E-state index >= 15 is 0 Å². The maximum Gasteiger partial charge on any atom is 0.328 e. The summed E-state index contributed by atoms with van der Waals surface area (Å²) in [6.07, 6.45) is 4.71. The Morgan fingerprint density at radius 1 is 1.15 bits per heavy atom. The molecule has 1 aromatic heterocycles. The van der Waals surface area contributed by atoms with Crippen LogP contribution in [-0.4, -0.2) is 15.5 Å². The van der Waals surface area contributed by atoms with Crippen molar-refractivity contribution in [1.29, 1.82) is 0 Å². The number of aromatic amines is 1. The van der Waals surface area contributed by atoms with E-state index in [2.05, 4.69) is 41.5 Å². The van der Waals surface area contributed by atoms with Gasteiger partial charge < -0.3 is 5.32 Å². The fourth-order valence-electron chi connectivity index (χ4n) is 2.85. The van der Waals surface area contributed by atoms with E-state index in [1.54, 1.807) is 0 Å². The van der Waals surface area contributed by atoms with Gasteiger partial charge in [0.1, 0.15) is 6.54 Å². The molecule has 1 amide bonds. The van der Waals surface area contributed by atoms with Gasteiger partial charge in [0.2, 0.25) is 5.91 Å². The maximum absolute atomic E-state index is 12.4. The third kappa shape index (κ3) is 5.44. The van der Waals surface area contributed by atoms with Crippen LogP contribution in [0.25, 0.3) is 0 Å². The van der Waals surface area contributed by atoms with Crippen LogP contribution in [0.5, 0.6) is 0 Å². The van der Waals surface area contributed by atoms with Gasteiger partial charge >= 0.3 is 5.69 Å². The maximum atomic E-state index is 12.4. The van der Waals surface area contributed by atoms with Crippen LogP contribution < -0.4 is 16.6 Å². The average molecular weight is 357 g/mol. The van der Waals surface area contributed by atoms with E-state index in [9.17, 15) is 14.4 Å². The summed E-state index contributed by atoms with van der Waals surface area (Å²) in [7, 11) is 0. The molecule has 0 fully saturated rings. The molecule has 2 aromatic rings. The number of unbranched alkanes of at least 4 members (excludes halogenated alkanes) is 1. The summed E-state index contributed by atoms with van der Waals surface area (Å²) in [5.74, 6) is -0.0688. The van der Waals surface area contributed by atoms with Gasteiger partial charge in [-0.2, -0.15) is 0 Å². The number of H-pyrrole nitrogens is 1. The molecule has 6 heteroatoms. The molecule has 0 aliphatic rings. The standard InChI is InChI=1S/C20H27N3O3/c1-4-5-6-15-7-9-16(10-8-15)19(14(2)3)21-18(25)13-23-12-11-17(24)22-20(23)26/h7-12,14,19H,4-6,13H2,1-3H3,(H,21,25)(H,22,24,26). The number of nitrogens with one attached hydrogen (secondary N) is 2. The van der Waals surface area contributed by atoms with Crippen LogP contribution in [0.4, 0.5) is 0 Å². The van der Waals surface area contributed by atoms with Crippen LogP contribution >= 0.6 is 0 Å². The van der Waals surface area contributed by atoms with Gasteiger partial charge in [0.15, 0.2) is 0 Å². The SMILES string of the molecule is CCCCc1ccc(C(NC(=O)Cn2ccc(=O)[nH]c2=O)C(C)C)cc1. The lowest BCUT2D eigenvalue weighted by atomic mass is 9.94. The van der Waals surface area contributed by atoms with Gasteiger partial charge in [-0.1, -0.05) is 51.5 Å². The number of aromatic nitrogens is 2. The number of carbonyl (C=O) groups is 1. The fourth-order valence-corrected chi connectivity index (χ4v) is 2.85. The Kier molecular flexibility index (Phi) is 6.95. The molecule has 1 heterocycles. The van der Waals surface area contributed by atoms with Crippen molar-refractivity contribution < 1.29 is 4.79 Å². The lowest BCUT2D eigenvalue weighted by molar-refractivity contribution is -0.122. The molecule has 1 aromatic carbocycles. The predicted molar refractivity (Wildman–Crippen MR) is 102 cm³/mol. The lowest BCUT2D eigenvalue weighted by Gasteiger charge is -2.23. The van der Waals surface area contributed by atoms with E-state index in [-0.39, 0.29) is 24.4 Å². The van der Waals surface area contributed by atoms with Crippen LogP contribution in [0.3, 0.4) is 0 Å². The summed E-state index contributed by atoms with van der Waals surface area (Å²) < 4.78 is 1.18. The number of carbonyl (C=O) groups excluding carboxylic acids is 1. The minimum Gasteiger partial charge on any atom is -0.347 e. The summed E-state index contributed by atoms with van der Waals surface area (Å²) in [4.78, 5) is 37.4. The van der Waals surface area contributed by atoms with Crippen molar-refractivity contribution in [3.63, 3.8) is 0 Å². The molecular formula is C20H27N3O3. The van der Waals surface area contributed by atoms with Crippen LogP contribution in [0.1, 0.15) is 50.8 Å². The van der Waals surface area contributed by atoms with Crippen LogP contribution in [0.2, 0.25) is 0 Å². The Morgan fingerprint density at radius 3 is 2.42 bits per heavy atom. The highest BCUT2D eigenvalue weighted by Crippen LogP contribution is 2.22. The highest BCUT2D eigenvalue weighted by atomic mass is 16.2. The third-order valence-corrected chi connectivity index (χ3v) is 4.35. The van der Waals surface area contributed by atoms with Gasteiger partial charge in [0, 0.05) is 12.3 Å². The largest absolute Gasteiger partial charge is 0.347 e. The monoisotopic (exact) mass is 357 g/mol. The van der Waals surface area contributed by atoms with E-state index in [1.165, 1.54) is 22.4 Å². The van der Waals surface area contributed by atoms with Crippen molar-refractivity contribution in [2.75, 3.05) is 0 Å². The van der Waals surface area contributed by atoms with Gasteiger partial charge in [-0.25, -0.2) is 4.79 Å². The number of amides is 1. The molecule has 1 atom stereocenters. The third-order valence-electron chi connectivity index (χ3n) is 4.35. The van der Waals surface area contributed by atoms with E-state index in [4.69, 9.17) is 0 Å². The zero-order chi connectivity index (χ0) is 19.1. The van der Waals surface area contributed by atoms with Gasteiger partial charge in [-0.3, -0.25) is 19.1 Å². The molecule has 2 N–H and O–H groups in total. The number of rotatable bonds is 8. The first-order valence-electron chi connectivity index (χ1n) is 9.08. The Labute approximate surface area is 153 Å². The molecule has 140 valence electrons. The van der Waals surface area contributed by atoms with Crippen molar-refractivity contribution in [3.05, 3.63) is 68.5 Å². The number of hydrogen-bond acceptors (Lipinski definition) is 3. The summed E-state index contributed by atoms with van der Waals surface area (Å²) in [5, 5.41) is 3.00. The molecular weight excluding hydrogens is 330 g/mol. The van der Waals surface area contributed by atoms with Gasteiger partial charge in [0.25, 0.3) is 5.56 Å². The molecule has 0 saturated heterocycles. The van der Waals surface area contributed by atoms with Gasteiger partial charge in [-0.05, 0) is 29.9 Å². The van der Waals surface area contributed by atoms with Crippen LogP contribution in [0, 0.1) is 5.92 Å². The summed E-state index contributed by atoms with van der Waals surface area (Å²) in [6, 6.07) is 9.42. The van der Waals surface area contributed by atoms with E-state index in [0.717, 1.165) is 24.8 Å². The van der Waals surface area contributed by atoms with Crippen molar-refractivity contribution in [1.82, 2.24) is 14.9 Å². The first kappa shape index (κ1) is 19.7. The average Bonchev–Trinajstić information content (AvgIpc) is 2.60. The fraction of sp³-hybridized carbons (Fsp3) is 0.450. The Hall–Kier alpha value is -2.63. The molecule has 1 unspecified atom stereocenters. The smallest absolute Gasteiger partial charge is 0.328 e. The Balaban J connectivity index is 2.08. The summed E-state index contributed by atoms with van der Waals surface area (Å²) in [5.41, 5.74) is 1.27. The van der Waals surface area contributed by atoms with Gasteiger partial charge in [0.05, 0.1) is 6.04 Å². The van der Waals surface area contributed by atoms with Gasteiger partial charge in [-0.15, -0.1) is 0 Å². The topological polar surface area (TPSA) is 84.0 Å². The Morgan fingerprint density at radius 2 is 1.85 bits per heavy atom. The van der Waals surface area contributed by atoms with Crippen LogP contribution in [0.15, 0.2) is 46.1 Å². The van der Waals surface area contributed by atoms with E-state index in [1.807, 2.05) is 13.8 Å². The first-order chi connectivity index (χ1) is 12.4. The highest BCUT2D eigenvalue weighted by Gasteiger charge is 2.18. The van der Waals surface area contributed by atoms with Crippen molar-refractivity contribution in [3.8, 4) is 0 Å². The number of benzene rings is 1. The molecule has 0 bridgehead atoms. The molecule has 0 saturated carbocycles. The number of aryl methyl sites for hydroxylation is 1. The van der Waals surface area contributed by atoms with Crippen molar-refractivity contribution in [2.45, 2.75) is 52.6 Å². The van der Waals surface area contributed by atoms with Crippen molar-refractivity contribution >= 4 is 5.91 Å². The molecule has 0 aliphatic carbocycles. The minimum absolute atomic E-state index is 0.132. The minimum atomic E-state index is -0.589.